The Morgan fingerprint density at radius 3 is 1.39 bits per heavy atom. The highest BCUT2D eigenvalue weighted by molar-refractivity contribution is 5.53. The summed E-state index contributed by atoms with van der Waals surface area (Å²) < 4.78 is 29.1. The van der Waals surface area contributed by atoms with Crippen molar-refractivity contribution < 1.29 is 28.4 Å². The lowest BCUT2D eigenvalue weighted by Crippen LogP contribution is -2.46. The first-order chi connectivity index (χ1) is 26.7. The fraction of sp³-hybridized carbons (Fsp3) is 0.571. The first-order valence-electron chi connectivity index (χ1n) is 18.7. The van der Waals surface area contributed by atoms with E-state index >= 15 is 0 Å². The lowest BCUT2D eigenvalue weighted by atomic mass is 10.2. The summed E-state index contributed by atoms with van der Waals surface area (Å²) in [6.07, 6.45) is 0.860. The van der Waals surface area contributed by atoms with Crippen LogP contribution in [0.4, 0.5) is 32.8 Å². The monoisotopic (exact) mass is 834 g/mol. The molecule has 17 heteroatoms. The molecule has 3 fully saturated rings. The SMILES string of the molecule is C.C.C.CN(C)CC1CN(c2ccc(N)cc2)CCO1.CN(C)CC1CN(c2ccc([N+](=O)[O-])cc2)CCO1.CN(C)CC1CNCCO1.O=[N+]([O-])c1ccc(F)cc1. The van der Waals surface area contributed by atoms with Gasteiger partial charge in [0.15, 0.2) is 0 Å². The van der Waals surface area contributed by atoms with Crippen LogP contribution in [0, 0.1) is 26.0 Å². The van der Waals surface area contributed by atoms with Crippen molar-refractivity contribution >= 4 is 28.4 Å². The van der Waals surface area contributed by atoms with Crippen LogP contribution < -0.4 is 20.9 Å². The Bertz CT molecular complexity index is 1560. The van der Waals surface area contributed by atoms with Crippen LogP contribution in [0.15, 0.2) is 72.8 Å². The number of anilines is 3. The lowest BCUT2D eigenvalue weighted by Gasteiger charge is -2.35. The molecule has 3 aromatic rings. The highest BCUT2D eigenvalue weighted by Crippen LogP contribution is 2.22. The fourth-order valence-corrected chi connectivity index (χ4v) is 6.12. The smallest absolute Gasteiger partial charge is 0.269 e. The molecule has 0 aromatic heterocycles. The Morgan fingerprint density at radius 1 is 0.644 bits per heavy atom. The van der Waals surface area contributed by atoms with Gasteiger partial charge in [0.2, 0.25) is 0 Å². The Labute approximate surface area is 352 Å². The zero-order chi connectivity index (χ0) is 41.0. The molecule has 3 saturated heterocycles. The van der Waals surface area contributed by atoms with Gasteiger partial charge in [-0.15, -0.1) is 0 Å². The molecule has 0 radical (unpaired) electrons. The summed E-state index contributed by atoms with van der Waals surface area (Å²) in [7, 11) is 12.3. The number of hydrogen-bond donors (Lipinski definition) is 2. The number of morpholine rings is 3. The average molecular weight is 834 g/mol. The van der Waals surface area contributed by atoms with E-state index in [9.17, 15) is 24.6 Å². The second-order valence-corrected chi connectivity index (χ2v) is 14.5. The number of nitro benzene ring substituents is 2. The third-order valence-corrected chi connectivity index (χ3v) is 8.71. The first-order valence-corrected chi connectivity index (χ1v) is 18.7. The summed E-state index contributed by atoms with van der Waals surface area (Å²) in [6, 6.07) is 19.1. The molecule has 3 atom stereocenters. The standard InChI is InChI=1S/C13H19N3O3.C13H21N3O.C7H16N2O.C6H4FNO2.3CH4/c1-14(2)9-13-10-15(7-8-19-13)11-3-5-12(6-4-11)16(17)18;1-15(2)9-13-10-16(7-8-17-13)12-5-3-11(14)4-6-12;1-9(2)6-7-5-8-3-4-10-7;7-5-1-3-6(4-2-5)8(9)10;;;/h3-6,13H,7-10H2,1-2H3;3-6,13H,7-10,14H2,1-2H3;7-8H,3-6H2,1-2H3;1-4H;3*1H4. The van der Waals surface area contributed by atoms with E-state index in [0.717, 1.165) is 108 Å². The summed E-state index contributed by atoms with van der Waals surface area (Å²) in [5.41, 5.74) is 8.78. The van der Waals surface area contributed by atoms with Gasteiger partial charge in [0.1, 0.15) is 5.82 Å². The fourth-order valence-electron chi connectivity index (χ4n) is 6.12. The number of halogens is 1. The number of nitro groups is 2. The number of likely N-dealkylation sites (N-methyl/N-ethyl adjacent to an activating group) is 3. The summed E-state index contributed by atoms with van der Waals surface area (Å²) in [6.45, 7) is 10.7. The van der Waals surface area contributed by atoms with Gasteiger partial charge >= 0.3 is 0 Å². The molecular formula is C42H72FN9O7. The maximum absolute atomic E-state index is 12.1. The average Bonchev–Trinajstić information content (AvgIpc) is 3.16. The maximum atomic E-state index is 12.1. The van der Waals surface area contributed by atoms with E-state index in [-0.39, 0.29) is 50.8 Å². The number of nitrogens with zero attached hydrogens (tertiary/aromatic N) is 7. The second-order valence-electron chi connectivity index (χ2n) is 14.5. The van der Waals surface area contributed by atoms with Crippen LogP contribution in [0.2, 0.25) is 0 Å². The predicted molar refractivity (Wildman–Crippen MR) is 239 cm³/mol. The molecule has 3 heterocycles. The van der Waals surface area contributed by atoms with E-state index in [4.69, 9.17) is 19.9 Å². The molecule has 3 N–H and O–H groups in total. The molecule has 334 valence electrons. The van der Waals surface area contributed by atoms with Crippen LogP contribution in [0.3, 0.4) is 0 Å². The third-order valence-electron chi connectivity index (χ3n) is 8.71. The predicted octanol–water partition coefficient (Wildman–Crippen LogP) is 5.58. The number of rotatable bonds is 10. The van der Waals surface area contributed by atoms with Crippen LogP contribution in [-0.2, 0) is 14.2 Å². The summed E-state index contributed by atoms with van der Waals surface area (Å²) >= 11 is 0. The van der Waals surface area contributed by atoms with Crippen molar-refractivity contribution in [3.05, 3.63) is 98.8 Å². The van der Waals surface area contributed by atoms with Crippen molar-refractivity contribution in [2.24, 2.45) is 0 Å². The van der Waals surface area contributed by atoms with Gasteiger partial charge in [-0.1, -0.05) is 22.3 Å². The van der Waals surface area contributed by atoms with E-state index < -0.39 is 10.7 Å². The molecule has 3 aliphatic heterocycles. The molecule has 3 unspecified atom stereocenters. The quantitative estimate of drug-likeness (QED) is 0.148. The molecular weight excluding hydrogens is 762 g/mol. The van der Waals surface area contributed by atoms with E-state index in [1.807, 2.05) is 26.2 Å². The number of non-ortho nitro benzene ring substituents is 2. The molecule has 0 spiro atoms. The third kappa shape index (κ3) is 21.4. The lowest BCUT2D eigenvalue weighted by molar-refractivity contribution is -0.385. The molecule has 0 saturated carbocycles. The van der Waals surface area contributed by atoms with Crippen molar-refractivity contribution in [1.82, 2.24) is 20.0 Å². The minimum absolute atomic E-state index is 0. The number of benzene rings is 3. The maximum Gasteiger partial charge on any atom is 0.269 e. The molecule has 0 amide bonds. The zero-order valence-corrected chi connectivity index (χ0v) is 33.6. The molecule has 59 heavy (non-hydrogen) atoms. The van der Waals surface area contributed by atoms with Gasteiger partial charge in [-0.05, 0) is 90.8 Å². The van der Waals surface area contributed by atoms with Gasteiger partial charge in [0, 0.05) is 100 Å². The van der Waals surface area contributed by atoms with Gasteiger partial charge in [0.05, 0.1) is 48.0 Å². The van der Waals surface area contributed by atoms with E-state index in [1.54, 1.807) is 24.3 Å². The Kier molecular flexibility index (Phi) is 26.7. The minimum atomic E-state index is -0.570. The summed E-state index contributed by atoms with van der Waals surface area (Å²) in [5, 5.41) is 23.9. The highest BCUT2D eigenvalue weighted by Gasteiger charge is 2.22. The van der Waals surface area contributed by atoms with Gasteiger partial charge in [-0.3, -0.25) is 20.2 Å². The number of ether oxygens (including phenoxy) is 3. The normalized spacial score (nSPS) is 18.6. The van der Waals surface area contributed by atoms with Crippen LogP contribution >= 0.6 is 0 Å². The van der Waals surface area contributed by atoms with E-state index in [1.165, 1.54) is 5.69 Å². The highest BCUT2D eigenvalue weighted by atomic mass is 19.1. The van der Waals surface area contributed by atoms with Crippen LogP contribution in [0.5, 0.6) is 0 Å². The number of nitrogens with one attached hydrogen (secondary N) is 1. The minimum Gasteiger partial charge on any atom is -0.399 e. The summed E-state index contributed by atoms with van der Waals surface area (Å²) in [4.78, 5) is 30.7. The molecule has 3 aliphatic rings. The molecule has 0 aliphatic carbocycles. The van der Waals surface area contributed by atoms with Gasteiger partial charge in [-0.25, -0.2) is 4.39 Å². The van der Waals surface area contributed by atoms with Crippen molar-refractivity contribution in [3.63, 3.8) is 0 Å². The summed E-state index contributed by atoms with van der Waals surface area (Å²) in [5.74, 6) is -0.467. The van der Waals surface area contributed by atoms with Crippen molar-refractivity contribution in [3.8, 4) is 0 Å². The van der Waals surface area contributed by atoms with Gasteiger partial charge < -0.3 is 49.8 Å². The van der Waals surface area contributed by atoms with E-state index in [0.29, 0.717) is 12.7 Å². The van der Waals surface area contributed by atoms with Crippen LogP contribution in [-0.4, -0.2) is 164 Å². The van der Waals surface area contributed by atoms with E-state index in [2.05, 4.69) is 70.1 Å². The molecule has 6 rings (SSSR count). The van der Waals surface area contributed by atoms with Crippen LogP contribution in [0.25, 0.3) is 0 Å². The second kappa shape index (κ2) is 28.9. The Balaban J connectivity index is 0.000000775. The zero-order valence-electron chi connectivity index (χ0n) is 33.6. The topological polar surface area (TPSA) is 168 Å². The van der Waals surface area contributed by atoms with Crippen molar-refractivity contribution in [2.45, 2.75) is 40.6 Å². The largest absolute Gasteiger partial charge is 0.399 e. The Morgan fingerprint density at radius 2 is 1.02 bits per heavy atom. The van der Waals surface area contributed by atoms with Crippen LogP contribution in [0.1, 0.15) is 22.3 Å². The number of hydrogen-bond acceptors (Lipinski definition) is 14. The molecule has 0 bridgehead atoms. The number of nitrogens with two attached hydrogens (primary N) is 1. The number of nitrogen functional groups attached to an aromatic ring is 1. The van der Waals surface area contributed by atoms with Crippen molar-refractivity contribution in [1.29, 1.82) is 0 Å². The van der Waals surface area contributed by atoms with Crippen molar-refractivity contribution in [2.75, 3.05) is 137 Å². The van der Waals surface area contributed by atoms with Gasteiger partial charge in [-0.2, -0.15) is 0 Å². The molecule has 16 nitrogen and oxygen atoms in total. The Hall–Kier alpha value is -4.49. The first kappa shape index (κ1) is 54.5. The molecule has 3 aromatic carbocycles. The van der Waals surface area contributed by atoms with Gasteiger partial charge in [0.25, 0.3) is 11.4 Å².